The van der Waals surface area contributed by atoms with Gasteiger partial charge in [-0.25, -0.2) is 15.0 Å². The Hall–Kier alpha value is -3.84. The Balaban J connectivity index is 1.51. The van der Waals surface area contributed by atoms with Crippen molar-refractivity contribution in [3.05, 3.63) is 67.3 Å². The maximum atomic E-state index is 9.78. The van der Waals surface area contributed by atoms with Gasteiger partial charge in [0.05, 0.1) is 28.4 Å². The monoisotopic (exact) mass is 408 g/mol. The van der Waals surface area contributed by atoms with Crippen LogP contribution in [0.1, 0.15) is 18.9 Å². The maximum absolute atomic E-state index is 9.78. The number of rotatable bonds is 3. The standard InChI is InChI=1S/C24H20N6O/c25-23-22-18(12-30(16-10-17(31)11-16)24(22)28-13-27-23)15-5-4-14-6-7-20(29-21(14)9-15)19-3-1-2-8-26-19/h1-9,12-13,16-17,31H,10-11H2,(H2,25,27,28). The van der Waals surface area contributed by atoms with Gasteiger partial charge < -0.3 is 15.4 Å². The molecule has 5 aromatic rings. The Labute approximate surface area is 178 Å². The molecule has 6 rings (SSSR count). The zero-order valence-corrected chi connectivity index (χ0v) is 16.7. The van der Waals surface area contributed by atoms with Crippen LogP contribution in [0.15, 0.2) is 67.3 Å². The highest BCUT2D eigenvalue weighted by Crippen LogP contribution is 2.40. The minimum absolute atomic E-state index is 0.217. The van der Waals surface area contributed by atoms with E-state index in [0.717, 1.165) is 57.3 Å². The van der Waals surface area contributed by atoms with Crippen LogP contribution >= 0.6 is 0 Å². The zero-order valence-electron chi connectivity index (χ0n) is 16.7. The number of nitrogen functional groups attached to an aromatic ring is 1. The van der Waals surface area contributed by atoms with Crippen molar-refractivity contribution in [2.24, 2.45) is 0 Å². The van der Waals surface area contributed by atoms with Crippen molar-refractivity contribution < 1.29 is 5.11 Å². The van der Waals surface area contributed by atoms with E-state index in [9.17, 15) is 5.11 Å². The third-order valence-electron chi connectivity index (χ3n) is 6.05. The highest BCUT2D eigenvalue weighted by Gasteiger charge is 2.31. The summed E-state index contributed by atoms with van der Waals surface area (Å²) < 4.78 is 2.12. The third kappa shape index (κ3) is 2.93. The molecule has 0 unspecified atom stereocenters. The van der Waals surface area contributed by atoms with Crippen molar-refractivity contribution in [1.82, 2.24) is 24.5 Å². The van der Waals surface area contributed by atoms with Crippen LogP contribution in [0.5, 0.6) is 0 Å². The largest absolute Gasteiger partial charge is 0.393 e. The maximum Gasteiger partial charge on any atom is 0.146 e. The number of benzene rings is 1. The first kappa shape index (κ1) is 18.0. The second-order valence-corrected chi connectivity index (χ2v) is 8.01. The molecule has 3 N–H and O–H groups in total. The normalized spacial score (nSPS) is 18.4. The molecular weight excluding hydrogens is 388 g/mol. The van der Waals surface area contributed by atoms with E-state index in [-0.39, 0.29) is 12.1 Å². The first-order valence-corrected chi connectivity index (χ1v) is 10.3. The number of anilines is 1. The molecule has 1 fully saturated rings. The molecule has 1 aromatic carbocycles. The molecular formula is C24H20N6O. The predicted octanol–water partition coefficient (Wildman–Crippen LogP) is 3.99. The summed E-state index contributed by atoms with van der Waals surface area (Å²) in [6, 6.07) is 16.3. The van der Waals surface area contributed by atoms with Crippen molar-refractivity contribution in [3.8, 4) is 22.5 Å². The summed E-state index contributed by atoms with van der Waals surface area (Å²) >= 11 is 0. The van der Waals surface area contributed by atoms with Gasteiger partial charge in [-0.1, -0.05) is 24.3 Å². The molecule has 4 heterocycles. The van der Waals surface area contributed by atoms with Crippen LogP contribution in [0.3, 0.4) is 0 Å². The molecule has 1 aliphatic rings. The lowest BCUT2D eigenvalue weighted by molar-refractivity contribution is 0.0502. The fraction of sp³-hybridized carbons (Fsp3) is 0.167. The van der Waals surface area contributed by atoms with E-state index < -0.39 is 0 Å². The van der Waals surface area contributed by atoms with Gasteiger partial charge >= 0.3 is 0 Å². The summed E-state index contributed by atoms with van der Waals surface area (Å²) in [5.41, 5.74) is 11.6. The summed E-state index contributed by atoms with van der Waals surface area (Å²) in [4.78, 5) is 18.0. The Morgan fingerprint density at radius 1 is 0.968 bits per heavy atom. The van der Waals surface area contributed by atoms with Crippen molar-refractivity contribution in [2.75, 3.05) is 5.73 Å². The number of fused-ring (bicyclic) bond motifs is 2. The van der Waals surface area contributed by atoms with Crippen LogP contribution in [-0.2, 0) is 0 Å². The van der Waals surface area contributed by atoms with Gasteiger partial charge in [-0.3, -0.25) is 4.98 Å². The zero-order chi connectivity index (χ0) is 20.9. The summed E-state index contributed by atoms with van der Waals surface area (Å²) in [6.07, 6.45) is 6.54. The second kappa shape index (κ2) is 6.85. The highest BCUT2D eigenvalue weighted by molar-refractivity contribution is 6.02. The Morgan fingerprint density at radius 3 is 2.65 bits per heavy atom. The number of aromatic nitrogens is 5. The number of nitrogens with two attached hydrogens (primary N) is 1. The first-order valence-electron chi connectivity index (χ1n) is 10.3. The van der Waals surface area contributed by atoms with Gasteiger partial charge in [0.2, 0.25) is 0 Å². The number of nitrogens with zero attached hydrogens (tertiary/aromatic N) is 5. The molecule has 1 aliphatic carbocycles. The molecule has 0 radical (unpaired) electrons. The fourth-order valence-electron chi connectivity index (χ4n) is 4.33. The first-order chi connectivity index (χ1) is 15.2. The average Bonchev–Trinajstić information content (AvgIpc) is 3.17. The number of aliphatic hydroxyl groups excluding tert-OH is 1. The lowest BCUT2D eigenvalue weighted by Gasteiger charge is -2.32. The Morgan fingerprint density at radius 2 is 1.84 bits per heavy atom. The predicted molar refractivity (Wildman–Crippen MR) is 120 cm³/mol. The number of hydrogen-bond acceptors (Lipinski definition) is 6. The van der Waals surface area contributed by atoms with Crippen LogP contribution < -0.4 is 5.73 Å². The molecule has 0 bridgehead atoms. The molecule has 0 amide bonds. The van der Waals surface area contributed by atoms with Crippen molar-refractivity contribution in [1.29, 1.82) is 0 Å². The quantitative estimate of drug-likeness (QED) is 0.468. The second-order valence-electron chi connectivity index (χ2n) is 8.01. The van der Waals surface area contributed by atoms with Crippen LogP contribution in [0.4, 0.5) is 5.82 Å². The van der Waals surface area contributed by atoms with E-state index in [1.165, 1.54) is 6.33 Å². The molecule has 31 heavy (non-hydrogen) atoms. The topological polar surface area (TPSA) is 103 Å². The average molecular weight is 408 g/mol. The minimum Gasteiger partial charge on any atom is -0.393 e. The van der Waals surface area contributed by atoms with E-state index in [2.05, 4.69) is 50.0 Å². The van der Waals surface area contributed by atoms with E-state index in [1.807, 2.05) is 24.3 Å². The van der Waals surface area contributed by atoms with Gasteiger partial charge in [0.25, 0.3) is 0 Å². The summed E-state index contributed by atoms with van der Waals surface area (Å²) in [5, 5.41) is 11.7. The smallest absolute Gasteiger partial charge is 0.146 e. The highest BCUT2D eigenvalue weighted by atomic mass is 16.3. The van der Waals surface area contributed by atoms with Crippen LogP contribution in [0.2, 0.25) is 0 Å². The SMILES string of the molecule is Nc1ncnc2c1c(-c1ccc3ccc(-c4ccccn4)nc3c1)cn2C1CC(O)C1. The van der Waals surface area contributed by atoms with Crippen LogP contribution in [0, 0.1) is 0 Å². The van der Waals surface area contributed by atoms with E-state index in [0.29, 0.717) is 5.82 Å². The number of hydrogen-bond donors (Lipinski definition) is 2. The number of aliphatic hydroxyl groups is 1. The minimum atomic E-state index is -0.250. The van der Waals surface area contributed by atoms with Crippen LogP contribution in [0.25, 0.3) is 44.5 Å². The third-order valence-corrected chi connectivity index (χ3v) is 6.05. The molecule has 0 spiro atoms. The van der Waals surface area contributed by atoms with Gasteiger partial charge in [-0.15, -0.1) is 0 Å². The van der Waals surface area contributed by atoms with E-state index in [1.54, 1.807) is 6.20 Å². The van der Waals surface area contributed by atoms with Gasteiger partial charge in [0, 0.05) is 29.4 Å². The van der Waals surface area contributed by atoms with E-state index in [4.69, 9.17) is 10.7 Å². The Kier molecular flexibility index (Phi) is 3.97. The molecule has 0 atom stereocenters. The fourth-order valence-corrected chi connectivity index (χ4v) is 4.33. The molecule has 152 valence electrons. The molecule has 4 aromatic heterocycles. The lowest BCUT2D eigenvalue weighted by Crippen LogP contribution is -2.30. The Bertz CT molecular complexity index is 1420. The van der Waals surface area contributed by atoms with Crippen LogP contribution in [-0.4, -0.2) is 35.7 Å². The van der Waals surface area contributed by atoms with Gasteiger partial charge in [-0.05, 0) is 42.7 Å². The summed E-state index contributed by atoms with van der Waals surface area (Å²) in [6.45, 7) is 0. The van der Waals surface area contributed by atoms with E-state index >= 15 is 0 Å². The molecule has 7 heteroatoms. The van der Waals surface area contributed by atoms with Crippen molar-refractivity contribution in [2.45, 2.75) is 25.0 Å². The van der Waals surface area contributed by atoms with Crippen molar-refractivity contribution >= 4 is 27.8 Å². The molecule has 1 saturated carbocycles. The molecule has 0 aliphatic heterocycles. The van der Waals surface area contributed by atoms with Gasteiger partial charge in [-0.2, -0.15) is 0 Å². The lowest BCUT2D eigenvalue weighted by atomic mass is 9.89. The van der Waals surface area contributed by atoms with Gasteiger partial charge in [0.15, 0.2) is 0 Å². The summed E-state index contributed by atoms with van der Waals surface area (Å²) in [7, 11) is 0. The number of pyridine rings is 2. The summed E-state index contributed by atoms with van der Waals surface area (Å²) in [5.74, 6) is 0.453. The van der Waals surface area contributed by atoms with Gasteiger partial charge in [0.1, 0.15) is 17.8 Å². The molecule has 7 nitrogen and oxygen atoms in total. The molecule has 0 saturated heterocycles. The van der Waals surface area contributed by atoms with Crippen molar-refractivity contribution in [3.63, 3.8) is 0 Å².